The number of hydrogen-bond acceptors (Lipinski definition) is 3. The van der Waals surface area contributed by atoms with Crippen LogP contribution >= 0.6 is 0 Å². The van der Waals surface area contributed by atoms with Crippen LogP contribution in [0.2, 0.25) is 0 Å². The second-order valence-electron chi connectivity index (χ2n) is 8.62. The molecule has 5 heteroatoms. The van der Waals surface area contributed by atoms with Crippen molar-refractivity contribution in [3.63, 3.8) is 0 Å². The molecule has 1 atom stereocenters. The van der Waals surface area contributed by atoms with E-state index in [4.69, 9.17) is 5.73 Å². The first kappa shape index (κ1) is 20.1. The van der Waals surface area contributed by atoms with Gasteiger partial charge in [-0.3, -0.25) is 9.78 Å². The average Bonchev–Trinajstić information content (AvgIpc) is 2.90. The van der Waals surface area contributed by atoms with Gasteiger partial charge in [0.2, 0.25) is 5.91 Å². The third-order valence-electron chi connectivity index (χ3n) is 5.10. The molecule has 3 rings (SSSR count). The van der Waals surface area contributed by atoms with Gasteiger partial charge in [0, 0.05) is 41.6 Å². The summed E-state index contributed by atoms with van der Waals surface area (Å²) in [5.74, 6) is -0.329. The average molecular weight is 379 g/mol. The maximum atomic E-state index is 11.6. The number of carbonyl (C=O) groups excluding carboxylic acids is 1. The van der Waals surface area contributed by atoms with Crippen molar-refractivity contribution in [2.75, 3.05) is 0 Å². The van der Waals surface area contributed by atoms with Gasteiger partial charge in [-0.25, -0.2) is 0 Å². The Balaban J connectivity index is 1.92. The topological polar surface area (TPSA) is 72.9 Å². The number of amides is 1. The van der Waals surface area contributed by atoms with Crippen molar-refractivity contribution in [1.82, 2.24) is 14.9 Å². The van der Waals surface area contributed by atoms with Gasteiger partial charge in [-0.1, -0.05) is 45.0 Å². The zero-order valence-corrected chi connectivity index (χ0v) is 17.2. The monoisotopic (exact) mass is 378 g/mol. The Morgan fingerprint density at radius 2 is 1.96 bits per heavy atom. The summed E-state index contributed by atoms with van der Waals surface area (Å²) >= 11 is 0. The van der Waals surface area contributed by atoms with Crippen LogP contribution in [-0.4, -0.2) is 15.5 Å². The fraction of sp³-hybridized carbons (Fsp3) is 0.391. The predicted molar refractivity (Wildman–Crippen MR) is 114 cm³/mol. The van der Waals surface area contributed by atoms with Crippen LogP contribution in [-0.2, 0) is 17.9 Å². The van der Waals surface area contributed by atoms with E-state index in [9.17, 15) is 4.79 Å². The van der Waals surface area contributed by atoms with Crippen molar-refractivity contribution in [1.29, 1.82) is 0 Å². The molecule has 5 nitrogen and oxygen atoms in total. The Hall–Kier alpha value is -2.66. The van der Waals surface area contributed by atoms with E-state index in [1.165, 1.54) is 11.1 Å². The van der Waals surface area contributed by atoms with Gasteiger partial charge in [0.15, 0.2) is 0 Å². The van der Waals surface area contributed by atoms with Crippen LogP contribution in [0.1, 0.15) is 50.1 Å². The molecule has 3 aromatic rings. The molecule has 1 aromatic carbocycles. The molecular weight excluding hydrogens is 348 g/mol. The van der Waals surface area contributed by atoms with Gasteiger partial charge in [-0.05, 0) is 42.0 Å². The smallest absolute Gasteiger partial charge is 0.237 e. The zero-order valence-electron chi connectivity index (χ0n) is 17.2. The maximum Gasteiger partial charge on any atom is 0.237 e. The Labute approximate surface area is 167 Å². The summed E-state index contributed by atoms with van der Waals surface area (Å²) in [7, 11) is 0. The molecule has 0 spiro atoms. The lowest BCUT2D eigenvalue weighted by atomic mass is 9.85. The lowest BCUT2D eigenvalue weighted by Crippen LogP contribution is -2.26. The van der Waals surface area contributed by atoms with Crippen LogP contribution in [0.5, 0.6) is 0 Å². The van der Waals surface area contributed by atoms with Crippen LogP contribution in [0.3, 0.4) is 0 Å². The molecule has 0 bridgehead atoms. The van der Waals surface area contributed by atoms with E-state index in [2.05, 4.69) is 50.1 Å². The van der Waals surface area contributed by atoms with Crippen LogP contribution in [0, 0.1) is 12.3 Å². The first-order chi connectivity index (χ1) is 13.3. The minimum atomic E-state index is -0.329. The highest BCUT2D eigenvalue weighted by Crippen LogP contribution is 2.31. The van der Waals surface area contributed by atoms with E-state index in [0.717, 1.165) is 23.0 Å². The van der Waals surface area contributed by atoms with Crippen molar-refractivity contribution in [2.24, 2.45) is 11.1 Å². The molecule has 2 aromatic heterocycles. The number of rotatable bonds is 7. The summed E-state index contributed by atoms with van der Waals surface area (Å²) in [6, 6.07) is 12.5. The summed E-state index contributed by atoms with van der Waals surface area (Å²) in [6.07, 6.45) is 4.74. The second kappa shape index (κ2) is 8.15. The molecule has 0 unspecified atom stereocenters. The van der Waals surface area contributed by atoms with Gasteiger partial charge < -0.3 is 15.6 Å². The summed E-state index contributed by atoms with van der Waals surface area (Å²) in [5, 5.41) is 4.90. The molecule has 0 aliphatic carbocycles. The third-order valence-corrected chi connectivity index (χ3v) is 5.10. The van der Waals surface area contributed by atoms with Gasteiger partial charge in [0.25, 0.3) is 0 Å². The molecule has 1 amide bonds. The number of aromatic nitrogens is 2. The molecule has 0 saturated heterocycles. The first-order valence-corrected chi connectivity index (χ1v) is 9.74. The number of hydrogen-bond donors (Lipinski definition) is 2. The number of carbonyl (C=O) groups is 1. The lowest BCUT2D eigenvalue weighted by Gasteiger charge is -2.27. The third kappa shape index (κ3) is 4.60. The highest BCUT2D eigenvalue weighted by molar-refractivity contribution is 5.87. The normalized spacial score (nSPS) is 13.0. The molecular formula is C23H30N4O. The number of fused-ring (bicyclic) bond motifs is 1. The molecule has 28 heavy (non-hydrogen) atoms. The Bertz CT molecular complexity index is 954. The lowest BCUT2D eigenvalue weighted by molar-refractivity contribution is -0.118. The summed E-state index contributed by atoms with van der Waals surface area (Å²) in [5.41, 5.74) is 10.2. The zero-order chi connectivity index (χ0) is 20.3. The number of nitrogens with one attached hydrogen (secondary N) is 1. The maximum absolute atomic E-state index is 11.6. The van der Waals surface area contributed by atoms with Crippen LogP contribution in [0.25, 0.3) is 10.9 Å². The van der Waals surface area contributed by atoms with Crippen molar-refractivity contribution in [3.05, 3.63) is 65.6 Å². The molecule has 0 saturated carbocycles. The van der Waals surface area contributed by atoms with E-state index in [1.807, 2.05) is 35.0 Å². The SMILES string of the molecule is Cc1c(CN[C@@H](CC(C)(C)C)c2cccnc2)c2ccccc2n1CC(N)=O. The number of nitrogens with zero attached hydrogens (tertiary/aromatic N) is 2. The Morgan fingerprint density at radius 3 is 2.61 bits per heavy atom. The van der Waals surface area contributed by atoms with Gasteiger partial charge in [0.05, 0.1) is 0 Å². The number of benzene rings is 1. The first-order valence-electron chi connectivity index (χ1n) is 9.74. The van der Waals surface area contributed by atoms with Crippen molar-refractivity contribution >= 4 is 16.8 Å². The second-order valence-corrected chi connectivity index (χ2v) is 8.62. The summed E-state index contributed by atoms with van der Waals surface area (Å²) < 4.78 is 2.01. The van der Waals surface area contributed by atoms with Crippen LogP contribution < -0.4 is 11.1 Å². The van der Waals surface area contributed by atoms with Gasteiger partial charge >= 0.3 is 0 Å². The molecule has 3 N–H and O–H groups in total. The minimum Gasteiger partial charge on any atom is -0.368 e. The van der Waals surface area contributed by atoms with E-state index >= 15 is 0 Å². The van der Waals surface area contributed by atoms with Crippen molar-refractivity contribution in [2.45, 2.75) is 53.2 Å². The number of pyridine rings is 1. The number of primary amides is 1. The quantitative estimate of drug-likeness (QED) is 0.650. The van der Waals surface area contributed by atoms with Crippen molar-refractivity contribution < 1.29 is 4.79 Å². The van der Waals surface area contributed by atoms with E-state index in [0.29, 0.717) is 6.54 Å². The molecule has 0 aliphatic rings. The van der Waals surface area contributed by atoms with Gasteiger partial charge in [-0.15, -0.1) is 0 Å². The van der Waals surface area contributed by atoms with E-state index < -0.39 is 0 Å². The Kier molecular flexibility index (Phi) is 5.84. The molecule has 2 heterocycles. The Morgan fingerprint density at radius 1 is 1.21 bits per heavy atom. The molecule has 0 fully saturated rings. The molecule has 0 aliphatic heterocycles. The summed E-state index contributed by atoms with van der Waals surface area (Å²) in [4.78, 5) is 15.9. The molecule has 148 valence electrons. The largest absolute Gasteiger partial charge is 0.368 e. The predicted octanol–water partition coefficient (Wildman–Crippen LogP) is 4.10. The van der Waals surface area contributed by atoms with E-state index in [-0.39, 0.29) is 23.9 Å². The molecule has 0 radical (unpaired) electrons. The van der Waals surface area contributed by atoms with Gasteiger partial charge in [0.1, 0.15) is 6.54 Å². The fourth-order valence-electron chi connectivity index (χ4n) is 3.81. The van der Waals surface area contributed by atoms with Gasteiger partial charge in [-0.2, -0.15) is 0 Å². The van der Waals surface area contributed by atoms with E-state index in [1.54, 1.807) is 6.20 Å². The number of para-hydroxylation sites is 1. The van der Waals surface area contributed by atoms with Crippen molar-refractivity contribution in [3.8, 4) is 0 Å². The number of nitrogens with two attached hydrogens (primary N) is 1. The standard InChI is InChI=1S/C23H30N4O/c1-16-19(18-9-5-6-10-21(18)27(16)15-22(24)28)14-26-20(12-23(2,3)4)17-8-7-11-25-13-17/h5-11,13,20,26H,12,14-15H2,1-4H3,(H2,24,28)/t20-/m0/s1. The highest BCUT2D eigenvalue weighted by Gasteiger charge is 2.22. The minimum absolute atomic E-state index is 0.183. The summed E-state index contributed by atoms with van der Waals surface area (Å²) in [6.45, 7) is 9.73. The fourth-order valence-corrected chi connectivity index (χ4v) is 3.81. The van der Waals surface area contributed by atoms with Crippen LogP contribution in [0.15, 0.2) is 48.8 Å². The highest BCUT2D eigenvalue weighted by atomic mass is 16.1. The van der Waals surface area contributed by atoms with Crippen LogP contribution in [0.4, 0.5) is 0 Å².